The number of carbonyl (C=O) groups excluding carboxylic acids is 1. The molecule has 0 unspecified atom stereocenters. The molecule has 0 bridgehead atoms. The number of benzene rings is 2. The number of hydrogen-bond acceptors (Lipinski definition) is 5. The molecule has 4 aromatic rings. The van der Waals surface area contributed by atoms with E-state index in [0.29, 0.717) is 27.4 Å². The lowest BCUT2D eigenvalue weighted by Crippen LogP contribution is -2.14. The Morgan fingerprint density at radius 2 is 1.85 bits per heavy atom. The molecule has 34 heavy (non-hydrogen) atoms. The van der Waals surface area contributed by atoms with Crippen LogP contribution in [0.3, 0.4) is 0 Å². The molecule has 1 amide bonds. The van der Waals surface area contributed by atoms with E-state index in [1.807, 2.05) is 12.1 Å². The van der Waals surface area contributed by atoms with E-state index in [0.717, 1.165) is 24.2 Å². The van der Waals surface area contributed by atoms with Crippen LogP contribution in [0.25, 0.3) is 22.5 Å². The smallest absolute Gasteiger partial charge is 0.326 e. The van der Waals surface area contributed by atoms with Crippen LogP contribution in [0.1, 0.15) is 23.6 Å². The first-order chi connectivity index (χ1) is 16.3. The highest BCUT2D eigenvalue weighted by atomic mass is 35.5. The number of halogens is 4. The van der Waals surface area contributed by atoms with E-state index in [-0.39, 0.29) is 23.6 Å². The molecule has 2 aromatic heterocycles. The van der Waals surface area contributed by atoms with Crippen molar-refractivity contribution in [3.05, 3.63) is 77.1 Å². The van der Waals surface area contributed by atoms with Crippen molar-refractivity contribution in [2.45, 2.75) is 18.5 Å². The number of tetrazole rings is 1. The fourth-order valence-electron chi connectivity index (χ4n) is 3.85. The van der Waals surface area contributed by atoms with E-state index in [4.69, 9.17) is 11.6 Å². The topological polar surface area (TPSA) is 96.5 Å². The maximum absolute atomic E-state index is 12.9. The monoisotopic (exact) mass is 484 g/mol. The van der Waals surface area contributed by atoms with Gasteiger partial charge in [0, 0.05) is 34.0 Å². The van der Waals surface area contributed by atoms with Gasteiger partial charge in [0.05, 0.1) is 0 Å². The zero-order valence-corrected chi connectivity index (χ0v) is 18.1. The zero-order chi connectivity index (χ0) is 23.9. The third kappa shape index (κ3) is 4.49. The maximum atomic E-state index is 12.9. The van der Waals surface area contributed by atoms with E-state index in [9.17, 15) is 18.0 Å². The number of aromatic amines is 1. The number of nitrogens with zero attached hydrogens (tertiary/aromatic N) is 4. The molecule has 1 saturated carbocycles. The molecule has 5 rings (SSSR count). The third-order valence-corrected chi connectivity index (χ3v) is 5.92. The first-order valence-corrected chi connectivity index (χ1v) is 10.7. The fourth-order valence-corrected chi connectivity index (χ4v) is 3.98. The van der Waals surface area contributed by atoms with Crippen molar-refractivity contribution in [3.63, 3.8) is 0 Å². The summed E-state index contributed by atoms with van der Waals surface area (Å²) in [7, 11) is 0. The van der Waals surface area contributed by atoms with Crippen molar-refractivity contribution in [2.24, 2.45) is 5.92 Å². The van der Waals surface area contributed by atoms with Gasteiger partial charge in [-0.3, -0.25) is 9.78 Å². The highest BCUT2D eigenvalue weighted by Gasteiger charge is 2.44. The second-order valence-electron chi connectivity index (χ2n) is 7.92. The molecule has 2 heterocycles. The number of anilines is 1. The summed E-state index contributed by atoms with van der Waals surface area (Å²) in [5.41, 5.74) is 2.05. The van der Waals surface area contributed by atoms with Crippen LogP contribution in [0.2, 0.25) is 5.02 Å². The number of H-pyrrole nitrogens is 1. The van der Waals surface area contributed by atoms with E-state index in [1.54, 1.807) is 30.3 Å². The zero-order valence-electron chi connectivity index (χ0n) is 17.3. The second-order valence-corrected chi connectivity index (χ2v) is 8.35. The van der Waals surface area contributed by atoms with Crippen molar-refractivity contribution >= 4 is 23.2 Å². The van der Waals surface area contributed by atoms with Gasteiger partial charge in [-0.25, -0.2) is 0 Å². The molecule has 172 valence electrons. The van der Waals surface area contributed by atoms with Crippen molar-refractivity contribution in [1.82, 2.24) is 25.6 Å². The van der Waals surface area contributed by atoms with Gasteiger partial charge in [-0.15, -0.1) is 10.2 Å². The van der Waals surface area contributed by atoms with Gasteiger partial charge in [-0.1, -0.05) is 35.9 Å². The largest absolute Gasteiger partial charge is 0.433 e. The number of hydrogen-bond donors (Lipinski definition) is 2. The average Bonchev–Trinajstić information content (AvgIpc) is 3.43. The van der Waals surface area contributed by atoms with Crippen LogP contribution in [-0.4, -0.2) is 31.5 Å². The number of pyridine rings is 1. The molecule has 2 atom stereocenters. The van der Waals surface area contributed by atoms with Crippen LogP contribution in [0.15, 0.2) is 60.8 Å². The van der Waals surface area contributed by atoms with Crippen LogP contribution in [0.5, 0.6) is 0 Å². The lowest BCUT2D eigenvalue weighted by molar-refractivity contribution is -0.141. The Labute approximate surface area is 196 Å². The van der Waals surface area contributed by atoms with E-state index >= 15 is 0 Å². The Morgan fingerprint density at radius 1 is 1.06 bits per heavy atom. The Morgan fingerprint density at radius 3 is 2.50 bits per heavy atom. The Kier molecular flexibility index (Phi) is 5.52. The highest BCUT2D eigenvalue weighted by molar-refractivity contribution is 6.30. The van der Waals surface area contributed by atoms with E-state index in [1.165, 1.54) is 6.07 Å². The number of nitrogens with one attached hydrogen (secondary N) is 2. The SMILES string of the molecule is O=C(Nc1ccc(-c2ccc(C(F)(F)F)nc2)c(-c2nn[nH]n2)c1)[C@@H]1C[C@H]1c1ccc(Cl)cc1. The standard InChI is InChI=1S/C23H16ClF3N6O/c24-14-4-1-12(2-5-14)17-10-19(17)22(34)29-15-6-7-16(18(9-15)21-30-32-33-31-21)13-3-8-20(28-11-13)23(25,26)27/h1-9,11,17,19H,10H2,(H,29,34)(H,30,31,32,33)/t17-,19+/m0/s1. The van der Waals surface area contributed by atoms with Gasteiger partial charge in [-0.05, 0) is 59.0 Å². The van der Waals surface area contributed by atoms with Gasteiger partial charge in [0.1, 0.15) is 5.69 Å². The Balaban J connectivity index is 1.39. The maximum Gasteiger partial charge on any atom is 0.433 e. The molecule has 1 aliphatic rings. The molecule has 11 heteroatoms. The average molecular weight is 485 g/mol. The summed E-state index contributed by atoms with van der Waals surface area (Å²) in [6, 6.07) is 14.7. The van der Waals surface area contributed by atoms with Gasteiger partial charge in [0.15, 0.2) is 0 Å². The summed E-state index contributed by atoms with van der Waals surface area (Å²) in [6.07, 6.45) is -2.66. The number of amides is 1. The first-order valence-electron chi connectivity index (χ1n) is 10.3. The summed E-state index contributed by atoms with van der Waals surface area (Å²) in [6.45, 7) is 0. The number of rotatable bonds is 5. The van der Waals surface area contributed by atoms with Crippen molar-refractivity contribution in [3.8, 4) is 22.5 Å². The normalized spacial score (nSPS) is 17.4. The van der Waals surface area contributed by atoms with Crippen LogP contribution < -0.4 is 5.32 Å². The van der Waals surface area contributed by atoms with E-state index in [2.05, 4.69) is 30.9 Å². The molecule has 7 nitrogen and oxygen atoms in total. The summed E-state index contributed by atoms with van der Waals surface area (Å²) in [5, 5.41) is 17.4. The van der Waals surface area contributed by atoms with Gasteiger partial charge in [0.2, 0.25) is 11.7 Å². The molecule has 1 aliphatic carbocycles. The number of aromatic nitrogens is 5. The van der Waals surface area contributed by atoms with Gasteiger partial charge in [0.25, 0.3) is 0 Å². The van der Waals surface area contributed by atoms with Gasteiger partial charge >= 0.3 is 6.18 Å². The molecular formula is C23H16ClF3N6O. The predicted octanol–water partition coefficient (Wildman–Crippen LogP) is 5.34. The molecule has 0 spiro atoms. The van der Waals surface area contributed by atoms with E-state index < -0.39 is 11.9 Å². The molecule has 2 aromatic carbocycles. The van der Waals surface area contributed by atoms with Crippen molar-refractivity contribution in [2.75, 3.05) is 5.32 Å². The fraction of sp³-hybridized carbons (Fsp3) is 0.174. The van der Waals surface area contributed by atoms with Crippen LogP contribution in [0, 0.1) is 5.92 Å². The van der Waals surface area contributed by atoms with Crippen LogP contribution in [-0.2, 0) is 11.0 Å². The molecule has 1 fully saturated rings. The summed E-state index contributed by atoms with van der Waals surface area (Å²) in [4.78, 5) is 16.3. The summed E-state index contributed by atoms with van der Waals surface area (Å²) >= 11 is 5.93. The van der Waals surface area contributed by atoms with Gasteiger partial charge in [-0.2, -0.15) is 18.4 Å². The number of carbonyl (C=O) groups is 1. The summed E-state index contributed by atoms with van der Waals surface area (Å²) < 4.78 is 38.6. The second kappa shape index (κ2) is 8.53. The molecule has 0 aliphatic heterocycles. The molecule has 0 saturated heterocycles. The minimum Gasteiger partial charge on any atom is -0.326 e. The first kappa shape index (κ1) is 22.0. The van der Waals surface area contributed by atoms with Crippen molar-refractivity contribution < 1.29 is 18.0 Å². The Bertz CT molecular complexity index is 1320. The third-order valence-electron chi connectivity index (χ3n) is 5.66. The van der Waals surface area contributed by atoms with Crippen LogP contribution in [0.4, 0.5) is 18.9 Å². The lowest BCUT2D eigenvalue weighted by Gasteiger charge is -2.12. The van der Waals surface area contributed by atoms with Gasteiger partial charge < -0.3 is 5.32 Å². The minimum atomic E-state index is -4.53. The summed E-state index contributed by atoms with van der Waals surface area (Å²) in [5.74, 6) is 0.0828. The quantitative estimate of drug-likeness (QED) is 0.398. The predicted molar refractivity (Wildman–Crippen MR) is 119 cm³/mol. The van der Waals surface area contributed by atoms with Crippen molar-refractivity contribution in [1.29, 1.82) is 0 Å². The minimum absolute atomic E-state index is 0.122. The van der Waals surface area contributed by atoms with Crippen LogP contribution >= 0.6 is 11.6 Å². The molecule has 0 radical (unpaired) electrons. The Hall–Kier alpha value is -3.79. The number of alkyl halides is 3. The lowest BCUT2D eigenvalue weighted by atomic mass is 9.99. The molecular weight excluding hydrogens is 469 g/mol. The molecule has 2 N–H and O–H groups in total. The highest BCUT2D eigenvalue weighted by Crippen LogP contribution is 2.48.